The van der Waals surface area contributed by atoms with Crippen LogP contribution < -0.4 is 0 Å². The molecule has 0 aliphatic carbocycles. The summed E-state index contributed by atoms with van der Waals surface area (Å²) in [5, 5.41) is 9.44. The standard InChI is InChI=1S/C15H22ClNO2/c1-12(2)17(15(19)8-3-4-9-18)11-13-6-5-7-14(16)10-13/h5-7,10,12,18H,3-4,8-9,11H2,1-2H3. The van der Waals surface area contributed by atoms with Gasteiger partial charge in [-0.2, -0.15) is 0 Å². The monoisotopic (exact) mass is 283 g/mol. The zero-order valence-electron chi connectivity index (χ0n) is 11.6. The van der Waals surface area contributed by atoms with Crippen molar-refractivity contribution in [3.05, 3.63) is 34.9 Å². The molecule has 0 saturated carbocycles. The van der Waals surface area contributed by atoms with Gasteiger partial charge in [0.1, 0.15) is 0 Å². The third-order valence-corrected chi connectivity index (χ3v) is 3.22. The molecule has 1 rings (SSSR count). The van der Waals surface area contributed by atoms with E-state index in [1.807, 2.05) is 43.0 Å². The molecule has 0 aliphatic heterocycles. The Morgan fingerprint density at radius 2 is 2.11 bits per heavy atom. The van der Waals surface area contributed by atoms with Gasteiger partial charge in [0.15, 0.2) is 0 Å². The lowest BCUT2D eigenvalue weighted by Gasteiger charge is -2.27. The molecular weight excluding hydrogens is 262 g/mol. The van der Waals surface area contributed by atoms with Crippen molar-refractivity contribution in [1.29, 1.82) is 0 Å². The molecule has 1 aromatic rings. The summed E-state index contributed by atoms with van der Waals surface area (Å²) in [7, 11) is 0. The molecule has 0 spiro atoms. The van der Waals surface area contributed by atoms with Crippen molar-refractivity contribution in [1.82, 2.24) is 4.90 Å². The van der Waals surface area contributed by atoms with E-state index in [0.717, 1.165) is 12.0 Å². The summed E-state index contributed by atoms with van der Waals surface area (Å²) in [5.74, 6) is 0.128. The second-order valence-electron chi connectivity index (χ2n) is 4.93. The van der Waals surface area contributed by atoms with Crippen LogP contribution in [-0.4, -0.2) is 28.6 Å². The molecule has 0 unspecified atom stereocenters. The Kier molecular flexibility index (Phi) is 6.89. The highest BCUT2D eigenvalue weighted by Crippen LogP contribution is 2.15. The molecule has 0 atom stereocenters. The first kappa shape index (κ1) is 16.0. The number of aliphatic hydroxyl groups is 1. The molecule has 0 fully saturated rings. The van der Waals surface area contributed by atoms with Crippen LogP contribution in [-0.2, 0) is 11.3 Å². The smallest absolute Gasteiger partial charge is 0.223 e. The third kappa shape index (κ3) is 5.62. The van der Waals surface area contributed by atoms with Crippen LogP contribution in [0.15, 0.2) is 24.3 Å². The average molecular weight is 284 g/mol. The Balaban J connectivity index is 2.64. The molecule has 0 aliphatic rings. The molecule has 4 heteroatoms. The quantitative estimate of drug-likeness (QED) is 0.781. The summed E-state index contributed by atoms with van der Waals surface area (Å²) in [6.45, 7) is 4.74. The van der Waals surface area contributed by atoms with E-state index in [9.17, 15) is 4.79 Å². The Labute approximate surface area is 120 Å². The van der Waals surface area contributed by atoms with Crippen molar-refractivity contribution in [2.24, 2.45) is 0 Å². The molecule has 1 amide bonds. The molecule has 0 bridgehead atoms. The lowest BCUT2D eigenvalue weighted by molar-refractivity contribution is -0.133. The van der Waals surface area contributed by atoms with E-state index >= 15 is 0 Å². The number of rotatable bonds is 7. The highest BCUT2D eigenvalue weighted by atomic mass is 35.5. The number of aliphatic hydroxyl groups excluding tert-OH is 1. The van der Waals surface area contributed by atoms with E-state index in [1.54, 1.807) is 0 Å². The van der Waals surface area contributed by atoms with Gasteiger partial charge in [-0.1, -0.05) is 23.7 Å². The van der Waals surface area contributed by atoms with Crippen molar-refractivity contribution in [2.75, 3.05) is 6.61 Å². The Hall–Kier alpha value is -1.06. The molecule has 0 aromatic heterocycles. The number of hydrogen-bond acceptors (Lipinski definition) is 2. The fourth-order valence-corrected chi connectivity index (χ4v) is 2.14. The second-order valence-corrected chi connectivity index (χ2v) is 5.36. The SMILES string of the molecule is CC(C)N(Cc1cccc(Cl)c1)C(=O)CCCCO. The molecular formula is C15H22ClNO2. The summed E-state index contributed by atoms with van der Waals surface area (Å²) >= 11 is 5.96. The van der Waals surface area contributed by atoms with Crippen LogP contribution in [0.1, 0.15) is 38.7 Å². The lowest BCUT2D eigenvalue weighted by Crippen LogP contribution is -2.36. The van der Waals surface area contributed by atoms with E-state index in [-0.39, 0.29) is 18.6 Å². The minimum Gasteiger partial charge on any atom is -0.396 e. The number of hydrogen-bond donors (Lipinski definition) is 1. The lowest BCUT2D eigenvalue weighted by atomic mass is 10.1. The van der Waals surface area contributed by atoms with Gasteiger partial charge >= 0.3 is 0 Å². The van der Waals surface area contributed by atoms with Crippen molar-refractivity contribution in [3.8, 4) is 0 Å². The number of carbonyl (C=O) groups is 1. The van der Waals surface area contributed by atoms with E-state index in [2.05, 4.69) is 0 Å². The maximum absolute atomic E-state index is 12.2. The molecule has 1 N–H and O–H groups in total. The van der Waals surface area contributed by atoms with Gasteiger partial charge in [0.05, 0.1) is 0 Å². The second kappa shape index (κ2) is 8.18. The van der Waals surface area contributed by atoms with Crippen molar-refractivity contribution in [3.63, 3.8) is 0 Å². The van der Waals surface area contributed by atoms with Crippen LogP contribution in [0.3, 0.4) is 0 Å². The van der Waals surface area contributed by atoms with Crippen molar-refractivity contribution < 1.29 is 9.90 Å². The fraction of sp³-hybridized carbons (Fsp3) is 0.533. The Bertz CT molecular complexity index is 407. The third-order valence-electron chi connectivity index (χ3n) is 2.98. The number of amides is 1. The van der Waals surface area contributed by atoms with Gasteiger partial charge in [-0.05, 0) is 44.4 Å². The molecule has 0 radical (unpaired) electrons. The molecule has 106 valence electrons. The van der Waals surface area contributed by atoms with Gasteiger partial charge in [0, 0.05) is 30.6 Å². The summed E-state index contributed by atoms with van der Waals surface area (Å²) in [6.07, 6.45) is 1.89. The van der Waals surface area contributed by atoms with Gasteiger partial charge in [-0.15, -0.1) is 0 Å². The Morgan fingerprint density at radius 1 is 1.37 bits per heavy atom. The number of nitrogens with zero attached hydrogens (tertiary/aromatic N) is 1. The number of halogens is 1. The first-order valence-corrected chi connectivity index (χ1v) is 7.07. The van der Waals surface area contributed by atoms with Crippen molar-refractivity contribution >= 4 is 17.5 Å². The average Bonchev–Trinajstić information content (AvgIpc) is 2.36. The summed E-state index contributed by atoms with van der Waals surface area (Å²) in [5.41, 5.74) is 1.04. The van der Waals surface area contributed by atoms with Crippen LogP contribution in [0.5, 0.6) is 0 Å². The van der Waals surface area contributed by atoms with E-state index < -0.39 is 0 Å². The maximum atomic E-state index is 12.2. The van der Waals surface area contributed by atoms with E-state index in [0.29, 0.717) is 24.4 Å². The molecule has 0 heterocycles. The summed E-state index contributed by atoms with van der Waals surface area (Å²) in [4.78, 5) is 14.0. The molecule has 0 saturated heterocycles. The maximum Gasteiger partial charge on any atom is 0.223 e. The first-order valence-electron chi connectivity index (χ1n) is 6.69. The van der Waals surface area contributed by atoms with Crippen LogP contribution >= 0.6 is 11.6 Å². The number of benzene rings is 1. The van der Waals surface area contributed by atoms with E-state index in [1.165, 1.54) is 0 Å². The first-order chi connectivity index (χ1) is 9.04. The molecule has 19 heavy (non-hydrogen) atoms. The predicted octanol–water partition coefficient (Wildman–Crippen LogP) is 3.24. The summed E-state index contributed by atoms with van der Waals surface area (Å²) in [6, 6.07) is 7.74. The van der Waals surface area contributed by atoms with Gasteiger partial charge in [-0.3, -0.25) is 4.79 Å². The van der Waals surface area contributed by atoms with E-state index in [4.69, 9.17) is 16.7 Å². The highest BCUT2D eigenvalue weighted by Gasteiger charge is 2.16. The van der Waals surface area contributed by atoms with Gasteiger partial charge in [-0.25, -0.2) is 0 Å². The van der Waals surface area contributed by atoms with Crippen LogP contribution in [0.2, 0.25) is 5.02 Å². The number of unbranched alkanes of at least 4 members (excludes halogenated alkanes) is 1. The zero-order chi connectivity index (χ0) is 14.3. The van der Waals surface area contributed by atoms with Crippen molar-refractivity contribution in [2.45, 2.75) is 45.7 Å². The zero-order valence-corrected chi connectivity index (χ0v) is 12.4. The Morgan fingerprint density at radius 3 is 2.68 bits per heavy atom. The van der Waals surface area contributed by atoms with Gasteiger partial charge in [0.25, 0.3) is 0 Å². The van der Waals surface area contributed by atoms with Crippen LogP contribution in [0.4, 0.5) is 0 Å². The fourth-order valence-electron chi connectivity index (χ4n) is 1.92. The minimum absolute atomic E-state index is 0.128. The molecule has 3 nitrogen and oxygen atoms in total. The largest absolute Gasteiger partial charge is 0.396 e. The predicted molar refractivity (Wildman–Crippen MR) is 78.1 cm³/mol. The van der Waals surface area contributed by atoms with Gasteiger partial charge in [0.2, 0.25) is 5.91 Å². The van der Waals surface area contributed by atoms with Crippen LogP contribution in [0, 0.1) is 0 Å². The summed E-state index contributed by atoms with van der Waals surface area (Å²) < 4.78 is 0. The topological polar surface area (TPSA) is 40.5 Å². The van der Waals surface area contributed by atoms with Crippen LogP contribution in [0.25, 0.3) is 0 Å². The number of carbonyl (C=O) groups excluding carboxylic acids is 1. The van der Waals surface area contributed by atoms with Gasteiger partial charge < -0.3 is 10.0 Å². The highest BCUT2D eigenvalue weighted by molar-refractivity contribution is 6.30. The molecule has 1 aromatic carbocycles. The normalized spacial score (nSPS) is 10.8. The minimum atomic E-state index is 0.128.